The summed E-state index contributed by atoms with van der Waals surface area (Å²) in [6.07, 6.45) is 5.13. The number of likely N-dealkylation sites (N-methyl/N-ethyl adjacent to an activating group) is 1. The third-order valence-corrected chi connectivity index (χ3v) is 7.71. The van der Waals surface area contributed by atoms with E-state index in [4.69, 9.17) is 0 Å². The zero-order valence-electron chi connectivity index (χ0n) is 19.5. The molecular formula is C25H36N4O3. The number of rotatable bonds is 5. The summed E-state index contributed by atoms with van der Waals surface area (Å²) in [5.74, 6) is -0.496. The Morgan fingerprint density at radius 1 is 1.16 bits per heavy atom. The molecule has 1 aromatic rings. The number of hydrazine groups is 1. The van der Waals surface area contributed by atoms with Crippen LogP contribution in [-0.2, 0) is 16.1 Å². The topological polar surface area (TPSA) is 73.0 Å². The van der Waals surface area contributed by atoms with Crippen LogP contribution in [0.25, 0.3) is 0 Å². The van der Waals surface area contributed by atoms with Gasteiger partial charge < -0.3 is 10.2 Å². The summed E-state index contributed by atoms with van der Waals surface area (Å²) >= 11 is 0. The van der Waals surface area contributed by atoms with Gasteiger partial charge in [0.2, 0.25) is 5.91 Å². The third kappa shape index (κ3) is 4.27. The second kappa shape index (κ2) is 9.61. The van der Waals surface area contributed by atoms with Crippen molar-refractivity contribution < 1.29 is 14.4 Å². The number of ketones is 1. The fourth-order valence-electron chi connectivity index (χ4n) is 5.85. The van der Waals surface area contributed by atoms with E-state index in [2.05, 4.69) is 19.2 Å². The molecular weight excluding hydrogens is 404 g/mol. The molecule has 7 nitrogen and oxygen atoms in total. The predicted molar refractivity (Wildman–Crippen MR) is 122 cm³/mol. The maximum Gasteiger partial charge on any atom is 0.332 e. The standard InChI is InChI=1S/C25H36N4O3/c1-4-17(2)22-23-20(15-28(24(22)31)19-12-8-9-13-19)29(27(3)16-21(23)30)25(32)26-14-18-10-6-5-7-11-18/h5-7,10-11,17,19-20,22-23H,4,8-9,12-16H2,1-3H3,(H,26,32)/t17?,20-,22+,23?/m0/s1. The van der Waals surface area contributed by atoms with Gasteiger partial charge in [0.1, 0.15) is 0 Å². The lowest BCUT2D eigenvalue weighted by Gasteiger charge is -2.54. The number of nitrogens with one attached hydrogen (secondary N) is 1. The van der Waals surface area contributed by atoms with Crippen molar-refractivity contribution >= 4 is 17.7 Å². The van der Waals surface area contributed by atoms with E-state index >= 15 is 0 Å². The van der Waals surface area contributed by atoms with Crippen molar-refractivity contribution in [3.05, 3.63) is 35.9 Å². The highest BCUT2D eigenvalue weighted by atomic mass is 16.2. The zero-order chi connectivity index (χ0) is 22.8. The van der Waals surface area contributed by atoms with Crippen molar-refractivity contribution in [2.45, 2.75) is 64.6 Å². The summed E-state index contributed by atoms with van der Waals surface area (Å²) in [4.78, 5) is 42.2. The Morgan fingerprint density at radius 3 is 2.50 bits per heavy atom. The minimum atomic E-state index is -0.436. The summed E-state index contributed by atoms with van der Waals surface area (Å²) in [6.45, 7) is 5.17. The molecule has 0 radical (unpaired) electrons. The lowest BCUT2D eigenvalue weighted by molar-refractivity contribution is -0.171. The predicted octanol–water partition coefficient (Wildman–Crippen LogP) is 3.06. The number of fused-ring (bicyclic) bond motifs is 1. The summed E-state index contributed by atoms with van der Waals surface area (Å²) in [5.41, 5.74) is 1.03. The normalized spacial score (nSPS) is 28.0. The van der Waals surface area contributed by atoms with Crippen LogP contribution in [0.5, 0.6) is 0 Å². The van der Waals surface area contributed by atoms with Crippen LogP contribution in [0.1, 0.15) is 51.5 Å². The molecule has 3 amide bonds. The zero-order valence-corrected chi connectivity index (χ0v) is 19.5. The number of carbonyl (C=O) groups is 3. The van der Waals surface area contributed by atoms with E-state index in [1.807, 2.05) is 35.2 Å². The van der Waals surface area contributed by atoms with E-state index < -0.39 is 5.92 Å². The van der Waals surface area contributed by atoms with Crippen LogP contribution in [0, 0.1) is 17.8 Å². The van der Waals surface area contributed by atoms with Gasteiger partial charge in [0.05, 0.1) is 24.4 Å². The van der Waals surface area contributed by atoms with Gasteiger partial charge in [-0.05, 0) is 24.3 Å². The van der Waals surface area contributed by atoms with Gasteiger partial charge in [0, 0.05) is 26.2 Å². The molecule has 1 aliphatic carbocycles. The second-order valence-corrected chi connectivity index (χ2v) is 9.70. The lowest BCUT2D eigenvalue weighted by atomic mass is 9.70. The first-order valence-corrected chi connectivity index (χ1v) is 12.1. The highest BCUT2D eigenvalue weighted by Gasteiger charge is 2.55. The summed E-state index contributed by atoms with van der Waals surface area (Å²) in [7, 11) is 1.80. The maximum absolute atomic E-state index is 13.6. The van der Waals surface area contributed by atoms with E-state index in [0.29, 0.717) is 13.1 Å². The molecule has 174 valence electrons. The number of carbonyl (C=O) groups excluding carboxylic acids is 3. The first-order valence-electron chi connectivity index (χ1n) is 12.1. The average molecular weight is 441 g/mol. The molecule has 2 saturated heterocycles. The quantitative estimate of drug-likeness (QED) is 0.764. The van der Waals surface area contributed by atoms with Crippen molar-refractivity contribution in [1.29, 1.82) is 0 Å². The van der Waals surface area contributed by atoms with Crippen LogP contribution < -0.4 is 5.32 Å². The molecule has 0 bridgehead atoms. The minimum absolute atomic E-state index is 0.0781. The Balaban J connectivity index is 1.61. The van der Waals surface area contributed by atoms with Gasteiger partial charge in [0.15, 0.2) is 5.78 Å². The Kier molecular flexibility index (Phi) is 6.84. The van der Waals surface area contributed by atoms with E-state index in [-0.39, 0.29) is 48.2 Å². The van der Waals surface area contributed by atoms with Gasteiger partial charge in [-0.2, -0.15) is 0 Å². The summed E-state index contributed by atoms with van der Waals surface area (Å²) < 4.78 is 0. The molecule has 0 spiro atoms. The maximum atomic E-state index is 13.6. The number of nitrogens with zero attached hydrogens (tertiary/aromatic N) is 3. The number of likely N-dealkylation sites (tertiary alicyclic amines) is 1. The molecule has 2 aliphatic heterocycles. The monoisotopic (exact) mass is 440 g/mol. The second-order valence-electron chi connectivity index (χ2n) is 9.70. The first kappa shape index (κ1) is 22.8. The van der Waals surface area contributed by atoms with E-state index in [1.165, 1.54) is 0 Å². The molecule has 3 aliphatic rings. The molecule has 4 atom stereocenters. The number of urea groups is 1. The van der Waals surface area contributed by atoms with Gasteiger partial charge in [-0.1, -0.05) is 63.4 Å². The van der Waals surface area contributed by atoms with Gasteiger partial charge in [-0.15, -0.1) is 0 Å². The Bertz CT molecular complexity index is 839. The molecule has 2 unspecified atom stereocenters. The molecule has 1 aromatic carbocycles. The van der Waals surface area contributed by atoms with E-state index in [9.17, 15) is 14.4 Å². The van der Waals surface area contributed by atoms with Gasteiger partial charge in [-0.25, -0.2) is 9.80 Å². The molecule has 32 heavy (non-hydrogen) atoms. The molecule has 7 heteroatoms. The average Bonchev–Trinajstić information content (AvgIpc) is 3.32. The third-order valence-electron chi connectivity index (χ3n) is 7.71. The number of benzene rings is 1. The molecule has 3 fully saturated rings. The Labute approximate surface area is 191 Å². The van der Waals surface area contributed by atoms with Crippen molar-refractivity contribution in [3.63, 3.8) is 0 Å². The number of hydrogen-bond acceptors (Lipinski definition) is 4. The molecule has 0 aromatic heterocycles. The van der Waals surface area contributed by atoms with Gasteiger partial charge in [0.25, 0.3) is 0 Å². The van der Waals surface area contributed by atoms with Crippen LogP contribution in [-0.4, -0.2) is 64.9 Å². The van der Waals surface area contributed by atoms with E-state index in [0.717, 1.165) is 37.7 Å². The summed E-state index contributed by atoms with van der Waals surface area (Å²) in [5, 5.41) is 6.49. The van der Waals surface area contributed by atoms with Crippen LogP contribution in [0.15, 0.2) is 30.3 Å². The Hall–Kier alpha value is -2.41. The lowest BCUT2D eigenvalue weighted by Crippen LogP contribution is -2.71. The Morgan fingerprint density at radius 2 is 1.84 bits per heavy atom. The molecule has 1 saturated carbocycles. The van der Waals surface area contributed by atoms with Crippen LogP contribution >= 0.6 is 0 Å². The molecule has 4 rings (SSSR count). The van der Waals surface area contributed by atoms with Gasteiger partial charge in [-0.3, -0.25) is 14.6 Å². The number of hydrogen-bond donors (Lipinski definition) is 1. The SMILES string of the molecule is CCC(C)[C@H]1C(=O)N(C2CCCC2)C[C@H]2C1C(=O)CN(C)N2C(=O)NCc1ccccc1. The number of amides is 3. The fraction of sp³-hybridized carbons (Fsp3) is 0.640. The highest BCUT2D eigenvalue weighted by molar-refractivity contribution is 5.93. The van der Waals surface area contributed by atoms with Crippen molar-refractivity contribution in [2.24, 2.45) is 17.8 Å². The first-order chi connectivity index (χ1) is 15.4. The van der Waals surface area contributed by atoms with Crippen molar-refractivity contribution in [3.8, 4) is 0 Å². The van der Waals surface area contributed by atoms with Crippen LogP contribution in [0.3, 0.4) is 0 Å². The van der Waals surface area contributed by atoms with E-state index in [1.54, 1.807) is 17.1 Å². The number of Topliss-reactive ketones (excluding diaryl/α,β-unsaturated/α-hetero) is 1. The highest BCUT2D eigenvalue weighted by Crippen LogP contribution is 2.40. The van der Waals surface area contributed by atoms with Gasteiger partial charge >= 0.3 is 6.03 Å². The van der Waals surface area contributed by atoms with Crippen LogP contribution in [0.4, 0.5) is 4.79 Å². The van der Waals surface area contributed by atoms with Crippen LogP contribution in [0.2, 0.25) is 0 Å². The minimum Gasteiger partial charge on any atom is -0.337 e. The fourth-order valence-corrected chi connectivity index (χ4v) is 5.85. The van der Waals surface area contributed by atoms with Crippen molar-refractivity contribution in [1.82, 2.24) is 20.2 Å². The smallest absolute Gasteiger partial charge is 0.332 e. The van der Waals surface area contributed by atoms with Crippen molar-refractivity contribution in [2.75, 3.05) is 20.1 Å². The largest absolute Gasteiger partial charge is 0.337 e. The molecule has 2 heterocycles. The number of piperidine rings is 1. The summed E-state index contributed by atoms with van der Waals surface area (Å²) in [6, 6.07) is 9.51. The molecule has 1 N–H and O–H groups in total.